The third kappa shape index (κ3) is 2.23. The third-order valence-corrected chi connectivity index (χ3v) is 4.53. The van der Waals surface area contributed by atoms with Crippen LogP contribution in [-0.2, 0) is 4.74 Å². The quantitative estimate of drug-likeness (QED) is 0.748. The first kappa shape index (κ1) is 12.9. The van der Waals surface area contributed by atoms with Crippen molar-refractivity contribution >= 4 is 21.8 Å². The van der Waals surface area contributed by atoms with Crippen molar-refractivity contribution in [2.24, 2.45) is 5.73 Å². The zero-order chi connectivity index (χ0) is 14.2. The van der Waals surface area contributed by atoms with E-state index in [4.69, 9.17) is 10.5 Å². The summed E-state index contributed by atoms with van der Waals surface area (Å²) in [6, 6.07) is 14.8. The molecule has 4 rings (SSSR count). The summed E-state index contributed by atoms with van der Waals surface area (Å²) in [6.07, 6.45) is 3.59. The zero-order valence-electron chi connectivity index (χ0n) is 12.0. The highest BCUT2D eigenvalue weighted by molar-refractivity contribution is 6.07. The monoisotopic (exact) mass is 280 g/mol. The fraction of sp³-hybridized carbons (Fsp3) is 0.333. The molecule has 1 aliphatic heterocycles. The number of rotatable bonds is 2. The number of para-hydroxylation sites is 1. The van der Waals surface area contributed by atoms with Crippen molar-refractivity contribution in [3.05, 3.63) is 48.0 Å². The summed E-state index contributed by atoms with van der Waals surface area (Å²) < 4.78 is 5.84. The molecule has 0 saturated carbocycles. The van der Waals surface area contributed by atoms with Crippen LogP contribution in [0.3, 0.4) is 0 Å². The van der Waals surface area contributed by atoms with Gasteiger partial charge in [-0.05, 0) is 43.0 Å². The Bertz CT molecular complexity index is 771. The topological polar surface area (TPSA) is 51.0 Å². The van der Waals surface area contributed by atoms with Crippen LogP contribution < -0.4 is 5.73 Å². The SMILES string of the molecule is NC(c1ccc2[nH]c3ccccc3c2c1)C1CCCCO1. The van der Waals surface area contributed by atoms with Gasteiger partial charge in [0, 0.05) is 28.4 Å². The molecular formula is C18H20N2O. The van der Waals surface area contributed by atoms with E-state index in [2.05, 4.69) is 47.4 Å². The van der Waals surface area contributed by atoms with E-state index in [0.29, 0.717) is 0 Å². The molecule has 3 nitrogen and oxygen atoms in total. The molecule has 0 bridgehead atoms. The lowest BCUT2D eigenvalue weighted by molar-refractivity contribution is 0.0000378. The van der Waals surface area contributed by atoms with E-state index in [0.717, 1.165) is 25.0 Å². The summed E-state index contributed by atoms with van der Waals surface area (Å²) in [5, 5.41) is 2.50. The Hall–Kier alpha value is -1.84. The number of hydrogen-bond donors (Lipinski definition) is 2. The number of H-pyrrole nitrogens is 1. The summed E-state index contributed by atoms with van der Waals surface area (Å²) in [7, 11) is 0. The second-order valence-electron chi connectivity index (χ2n) is 5.91. The molecular weight excluding hydrogens is 260 g/mol. The number of aromatic amines is 1. The number of nitrogens with two attached hydrogens (primary N) is 1. The van der Waals surface area contributed by atoms with Gasteiger partial charge in [-0.1, -0.05) is 24.3 Å². The number of benzene rings is 2. The average molecular weight is 280 g/mol. The highest BCUT2D eigenvalue weighted by Gasteiger charge is 2.23. The third-order valence-electron chi connectivity index (χ3n) is 4.53. The van der Waals surface area contributed by atoms with Crippen LogP contribution in [0.1, 0.15) is 30.9 Å². The van der Waals surface area contributed by atoms with Gasteiger partial charge in [-0.25, -0.2) is 0 Å². The summed E-state index contributed by atoms with van der Waals surface area (Å²) in [4.78, 5) is 3.45. The highest BCUT2D eigenvalue weighted by atomic mass is 16.5. The lowest BCUT2D eigenvalue weighted by atomic mass is 9.95. The van der Waals surface area contributed by atoms with E-state index in [-0.39, 0.29) is 12.1 Å². The summed E-state index contributed by atoms with van der Waals surface area (Å²) in [5.41, 5.74) is 9.94. The van der Waals surface area contributed by atoms with Crippen molar-refractivity contribution in [3.63, 3.8) is 0 Å². The lowest BCUT2D eigenvalue weighted by Crippen LogP contribution is -2.31. The molecule has 0 amide bonds. The second-order valence-corrected chi connectivity index (χ2v) is 5.91. The average Bonchev–Trinajstić information content (AvgIpc) is 2.93. The first-order valence-corrected chi connectivity index (χ1v) is 7.70. The highest BCUT2D eigenvalue weighted by Crippen LogP contribution is 2.30. The number of aromatic nitrogens is 1. The van der Waals surface area contributed by atoms with Crippen LogP contribution in [0.15, 0.2) is 42.5 Å². The van der Waals surface area contributed by atoms with Crippen LogP contribution >= 0.6 is 0 Å². The molecule has 1 aromatic heterocycles. The standard InChI is InChI=1S/C18H20N2O/c19-18(17-7-3-4-10-21-17)12-8-9-16-14(11-12)13-5-1-2-6-15(13)20-16/h1-2,5-6,8-9,11,17-18,20H,3-4,7,10,19H2. The molecule has 3 aromatic rings. The van der Waals surface area contributed by atoms with Gasteiger partial charge < -0.3 is 15.5 Å². The van der Waals surface area contributed by atoms with Crippen molar-refractivity contribution in [1.82, 2.24) is 4.98 Å². The van der Waals surface area contributed by atoms with Crippen LogP contribution in [0.4, 0.5) is 0 Å². The van der Waals surface area contributed by atoms with E-state index in [1.165, 1.54) is 28.3 Å². The number of nitrogens with one attached hydrogen (secondary N) is 1. The maximum Gasteiger partial charge on any atom is 0.0767 e. The Labute approximate surface area is 124 Å². The molecule has 0 spiro atoms. The van der Waals surface area contributed by atoms with Gasteiger partial charge in [0.1, 0.15) is 0 Å². The van der Waals surface area contributed by atoms with Crippen molar-refractivity contribution in [2.75, 3.05) is 6.61 Å². The minimum Gasteiger partial charge on any atom is -0.376 e. The van der Waals surface area contributed by atoms with Gasteiger partial charge in [-0.15, -0.1) is 0 Å². The number of fused-ring (bicyclic) bond motifs is 3. The minimum atomic E-state index is -0.0386. The van der Waals surface area contributed by atoms with E-state index >= 15 is 0 Å². The fourth-order valence-corrected chi connectivity index (χ4v) is 3.34. The van der Waals surface area contributed by atoms with E-state index in [1.54, 1.807) is 0 Å². The van der Waals surface area contributed by atoms with Gasteiger partial charge >= 0.3 is 0 Å². The van der Waals surface area contributed by atoms with Crippen molar-refractivity contribution in [3.8, 4) is 0 Å². The maximum atomic E-state index is 6.44. The first-order valence-electron chi connectivity index (χ1n) is 7.70. The second kappa shape index (κ2) is 5.17. The normalized spacial score (nSPS) is 20.9. The maximum absolute atomic E-state index is 6.44. The number of ether oxygens (including phenoxy) is 1. The molecule has 21 heavy (non-hydrogen) atoms. The molecule has 1 aliphatic rings. The molecule has 0 aliphatic carbocycles. The summed E-state index contributed by atoms with van der Waals surface area (Å²) >= 11 is 0. The summed E-state index contributed by atoms with van der Waals surface area (Å²) in [6.45, 7) is 0.841. The van der Waals surface area contributed by atoms with Crippen molar-refractivity contribution < 1.29 is 4.74 Å². The van der Waals surface area contributed by atoms with E-state index < -0.39 is 0 Å². The molecule has 2 unspecified atom stereocenters. The lowest BCUT2D eigenvalue weighted by Gasteiger charge is -2.28. The zero-order valence-corrected chi connectivity index (χ0v) is 12.0. The summed E-state index contributed by atoms with van der Waals surface area (Å²) in [5.74, 6) is 0. The van der Waals surface area contributed by atoms with Crippen LogP contribution in [0.25, 0.3) is 21.8 Å². The van der Waals surface area contributed by atoms with Gasteiger partial charge in [0.05, 0.1) is 12.1 Å². The van der Waals surface area contributed by atoms with Gasteiger partial charge in [0.25, 0.3) is 0 Å². The van der Waals surface area contributed by atoms with Gasteiger partial charge in [0.15, 0.2) is 0 Å². The predicted molar refractivity (Wildman–Crippen MR) is 86.3 cm³/mol. The Morgan fingerprint density at radius 3 is 2.76 bits per heavy atom. The molecule has 1 fully saturated rings. The van der Waals surface area contributed by atoms with Gasteiger partial charge in [0.2, 0.25) is 0 Å². The molecule has 2 aromatic carbocycles. The van der Waals surface area contributed by atoms with Gasteiger partial charge in [-0.3, -0.25) is 0 Å². The van der Waals surface area contributed by atoms with Gasteiger partial charge in [-0.2, -0.15) is 0 Å². The first-order chi connectivity index (χ1) is 10.3. The van der Waals surface area contributed by atoms with Crippen LogP contribution in [0, 0.1) is 0 Å². The largest absolute Gasteiger partial charge is 0.376 e. The smallest absolute Gasteiger partial charge is 0.0767 e. The minimum absolute atomic E-state index is 0.0386. The molecule has 1 saturated heterocycles. The molecule has 2 heterocycles. The Balaban J connectivity index is 1.76. The predicted octanol–water partition coefficient (Wildman–Crippen LogP) is 3.89. The fourth-order valence-electron chi connectivity index (χ4n) is 3.34. The van der Waals surface area contributed by atoms with Crippen LogP contribution in [0.2, 0.25) is 0 Å². The van der Waals surface area contributed by atoms with Crippen LogP contribution in [0.5, 0.6) is 0 Å². The molecule has 3 heteroatoms. The molecule has 3 N–H and O–H groups in total. The van der Waals surface area contributed by atoms with Crippen molar-refractivity contribution in [2.45, 2.75) is 31.4 Å². The Kier molecular flexibility index (Phi) is 3.17. The number of hydrogen-bond acceptors (Lipinski definition) is 2. The molecule has 108 valence electrons. The van der Waals surface area contributed by atoms with Crippen LogP contribution in [-0.4, -0.2) is 17.7 Å². The molecule has 2 atom stereocenters. The van der Waals surface area contributed by atoms with E-state index in [1.807, 2.05) is 0 Å². The Morgan fingerprint density at radius 2 is 1.90 bits per heavy atom. The Morgan fingerprint density at radius 1 is 1.05 bits per heavy atom. The van der Waals surface area contributed by atoms with E-state index in [9.17, 15) is 0 Å². The molecule has 0 radical (unpaired) electrons. The van der Waals surface area contributed by atoms with Crippen molar-refractivity contribution in [1.29, 1.82) is 0 Å².